The summed E-state index contributed by atoms with van der Waals surface area (Å²) in [5.41, 5.74) is 1.23. The van der Waals surface area contributed by atoms with E-state index in [0.717, 1.165) is 0 Å². The third-order valence-corrected chi connectivity index (χ3v) is 3.96. The highest BCUT2D eigenvalue weighted by molar-refractivity contribution is 14.1. The molecule has 1 heterocycles. The number of hydrogen-bond donors (Lipinski definition) is 0. The topological polar surface area (TPSA) is 43.4 Å². The lowest BCUT2D eigenvalue weighted by Crippen LogP contribution is -2.23. The van der Waals surface area contributed by atoms with Crippen molar-refractivity contribution >= 4 is 47.7 Å². The highest BCUT2D eigenvalue weighted by Gasteiger charge is 2.45. The van der Waals surface area contributed by atoms with Crippen LogP contribution in [-0.4, -0.2) is 16.2 Å². The van der Waals surface area contributed by atoms with Gasteiger partial charge in [0.25, 0.3) is 4.29 Å². The van der Waals surface area contributed by atoms with Gasteiger partial charge in [-0.2, -0.15) is 9.12 Å². The Balaban J connectivity index is 2.20. The Morgan fingerprint density at radius 1 is 1.43 bits per heavy atom. The van der Waals surface area contributed by atoms with Crippen molar-refractivity contribution in [1.82, 2.24) is 0 Å². The number of carbonyl (C=O) groups is 2. The lowest BCUT2D eigenvalue weighted by Gasteiger charge is -2.20. The number of fused-ring (bicyclic) bond motifs is 1. The number of carbonyl (C=O) groups excluding carboxylic acids is 2. The summed E-state index contributed by atoms with van der Waals surface area (Å²) in [6, 6.07) is 0. The van der Waals surface area contributed by atoms with Gasteiger partial charge < -0.3 is 4.74 Å². The highest BCUT2D eigenvalue weighted by atomic mass is 127. The molecule has 74 valence electrons. The van der Waals surface area contributed by atoms with Crippen LogP contribution in [0.2, 0.25) is 0 Å². The van der Waals surface area contributed by atoms with Crippen molar-refractivity contribution in [3.8, 4) is 0 Å². The van der Waals surface area contributed by atoms with Crippen LogP contribution in [0.4, 0.5) is 0 Å². The van der Waals surface area contributed by atoms with Crippen LogP contribution < -0.4 is 0 Å². The maximum atomic E-state index is 11.3. The maximum absolute atomic E-state index is 11.3. The first-order valence-corrected chi connectivity index (χ1v) is 6.35. The summed E-state index contributed by atoms with van der Waals surface area (Å²) in [4.78, 5) is 22.5. The zero-order valence-corrected chi connectivity index (χ0v) is 10.7. The molecular formula is C8H9BIO3P. The quantitative estimate of drug-likeness (QED) is 0.241. The van der Waals surface area contributed by atoms with Crippen LogP contribution in [0.25, 0.3) is 0 Å². The molecule has 2 rings (SSSR count). The minimum absolute atomic E-state index is 0.216. The van der Waals surface area contributed by atoms with Crippen LogP contribution in [0.1, 0.15) is 12.8 Å². The van der Waals surface area contributed by atoms with Crippen LogP contribution in [0, 0.1) is 11.8 Å². The second-order valence-corrected chi connectivity index (χ2v) is 6.94. The molecule has 1 saturated heterocycles. The summed E-state index contributed by atoms with van der Waals surface area (Å²) in [5, 5.41) is 0. The molecule has 0 spiro atoms. The Morgan fingerprint density at radius 3 is 2.71 bits per heavy atom. The van der Waals surface area contributed by atoms with Crippen LogP contribution in [0.3, 0.4) is 0 Å². The summed E-state index contributed by atoms with van der Waals surface area (Å²) in [6.45, 7) is 0. The molecule has 3 unspecified atom stereocenters. The Hall–Kier alpha value is 0.105. The molecular weight excluding hydrogens is 313 g/mol. The van der Waals surface area contributed by atoms with Gasteiger partial charge in [0.2, 0.25) is 0 Å². The van der Waals surface area contributed by atoms with Crippen molar-refractivity contribution < 1.29 is 14.3 Å². The minimum atomic E-state index is -0.343. The molecule has 6 heteroatoms. The van der Waals surface area contributed by atoms with Crippen LogP contribution in [0.15, 0.2) is 11.5 Å². The number of rotatable bonds is 1. The zero-order chi connectivity index (χ0) is 10.3. The predicted molar refractivity (Wildman–Crippen MR) is 64.9 cm³/mol. The van der Waals surface area contributed by atoms with Gasteiger partial charge in [0.15, 0.2) is 0 Å². The van der Waals surface area contributed by atoms with Crippen molar-refractivity contribution in [1.29, 1.82) is 0 Å². The van der Waals surface area contributed by atoms with Crippen molar-refractivity contribution in [3.63, 3.8) is 0 Å². The van der Waals surface area contributed by atoms with Gasteiger partial charge in [-0.3, -0.25) is 9.59 Å². The summed E-state index contributed by atoms with van der Waals surface area (Å²) in [5.74, 6) is -1.12. The summed E-state index contributed by atoms with van der Waals surface area (Å²) in [7, 11) is 2.70. The second-order valence-electron chi connectivity index (χ2n) is 3.57. The second kappa shape index (κ2) is 3.93. The van der Waals surface area contributed by atoms with Gasteiger partial charge in [0.1, 0.15) is 0 Å². The van der Waals surface area contributed by atoms with E-state index in [-0.39, 0.29) is 23.8 Å². The van der Waals surface area contributed by atoms with Gasteiger partial charge in [0.05, 0.1) is 11.8 Å². The van der Waals surface area contributed by atoms with Gasteiger partial charge >= 0.3 is 11.9 Å². The van der Waals surface area contributed by atoms with E-state index in [9.17, 15) is 9.59 Å². The smallest absolute Gasteiger partial charge is 0.317 e. The molecule has 1 fully saturated rings. The Labute approximate surface area is 98.1 Å². The molecule has 0 aromatic rings. The van der Waals surface area contributed by atoms with E-state index in [0.29, 0.717) is 17.1 Å². The molecule has 0 aromatic heterocycles. The van der Waals surface area contributed by atoms with Gasteiger partial charge in [-0.25, -0.2) is 0 Å². The number of allylic oxidation sites excluding steroid dienone is 2. The Bertz CT molecular complexity index is 329. The van der Waals surface area contributed by atoms with E-state index in [1.807, 2.05) is 0 Å². The Morgan fingerprint density at radius 2 is 2.07 bits per heavy atom. The molecule has 3 atom stereocenters. The molecule has 0 saturated carbocycles. The van der Waals surface area contributed by atoms with Crippen LogP contribution in [0.5, 0.6) is 0 Å². The zero-order valence-electron chi connectivity index (χ0n) is 7.40. The van der Waals surface area contributed by atoms with Crippen LogP contribution in [-0.2, 0) is 14.3 Å². The molecule has 0 N–H and O–H groups in total. The van der Waals surface area contributed by atoms with E-state index < -0.39 is 0 Å². The summed E-state index contributed by atoms with van der Waals surface area (Å²) >= 11 is 2.29. The predicted octanol–water partition coefficient (Wildman–Crippen LogP) is 1.36. The molecule has 1 aliphatic heterocycles. The average molecular weight is 322 g/mol. The van der Waals surface area contributed by atoms with Crippen molar-refractivity contribution in [2.24, 2.45) is 11.8 Å². The van der Waals surface area contributed by atoms with E-state index in [2.05, 4.69) is 42.3 Å². The SMILES string of the molecule is O=C1OC(=O)C2CC(B(P)I)=CCC12. The largest absolute Gasteiger partial charge is 0.393 e. The lowest BCUT2D eigenvalue weighted by atomic mass is 9.74. The minimum Gasteiger partial charge on any atom is -0.393 e. The van der Waals surface area contributed by atoms with Gasteiger partial charge in [-0.05, 0) is 12.8 Å². The van der Waals surface area contributed by atoms with E-state index in [1.165, 1.54) is 5.47 Å². The number of cyclic esters (lactones) is 2. The van der Waals surface area contributed by atoms with E-state index in [1.54, 1.807) is 0 Å². The fourth-order valence-corrected chi connectivity index (χ4v) is 2.69. The standard InChI is InChI=1S/C8H9BIO3P/c10-9(14)4-1-2-5-6(3-4)8(12)13-7(5)11/h1,5-6H,2-3,14H2. The maximum Gasteiger partial charge on any atom is 0.317 e. The van der Waals surface area contributed by atoms with Crippen molar-refractivity contribution in [2.75, 3.05) is 0 Å². The molecule has 14 heavy (non-hydrogen) atoms. The number of hydrogen-bond acceptors (Lipinski definition) is 3. The number of ether oxygens (including phenoxy) is 1. The summed E-state index contributed by atoms with van der Waals surface area (Å²) < 4.78 is 4.96. The van der Waals surface area contributed by atoms with Crippen molar-refractivity contribution in [2.45, 2.75) is 12.8 Å². The molecule has 1 aliphatic carbocycles. The normalized spacial score (nSPS) is 30.9. The van der Waals surface area contributed by atoms with Gasteiger partial charge in [-0.1, -0.05) is 11.5 Å². The van der Waals surface area contributed by atoms with Gasteiger partial charge in [0, 0.05) is 0 Å². The monoisotopic (exact) mass is 322 g/mol. The van der Waals surface area contributed by atoms with Gasteiger partial charge in [-0.15, -0.1) is 22.4 Å². The molecule has 0 radical (unpaired) electrons. The van der Waals surface area contributed by atoms with E-state index >= 15 is 0 Å². The molecule has 0 bridgehead atoms. The Kier molecular flexibility index (Phi) is 2.98. The van der Waals surface area contributed by atoms with E-state index in [4.69, 9.17) is 0 Å². The number of esters is 2. The molecule has 2 aliphatic rings. The van der Waals surface area contributed by atoms with Crippen molar-refractivity contribution in [3.05, 3.63) is 11.5 Å². The molecule has 0 aromatic carbocycles. The average Bonchev–Trinajstić information content (AvgIpc) is 2.42. The van der Waals surface area contributed by atoms with Crippen LogP contribution >= 0.6 is 31.5 Å². The fourth-order valence-electron chi connectivity index (χ4n) is 1.91. The highest BCUT2D eigenvalue weighted by Crippen LogP contribution is 2.38. The number of halogens is 1. The third-order valence-electron chi connectivity index (χ3n) is 2.74. The first-order valence-electron chi connectivity index (χ1n) is 4.43. The fraction of sp³-hybridized carbons (Fsp3) is 0.500. The molecule has 3 nitrogen and oxygen atoms in total. The third kappa shape index (κ3) is 1.76. The first-order chi connectivity index (χ1) is 6.59. The molecule has 0 amide bonds. The first kappa shape index (κ1) is 10.6. The lowest BCUT2D eigenvalue weighted by molar-refractivity contribution is -0.153. The summed E-state index contributed by atoms with van der Waals surface area (Å²) in [6.07, 6.45) is 3.38.